The molecule has 2 N–H and O–H groups in total. The van der Waals surface area contributed by atoms with Crippen LogP contribution in [0.3, 0.4) is 0 Å². The van der Waals surface area contributed by atoms with Gasteiger partial charge in [-0.3, -0.25) is 4.79 Å². The molecule has 6 heteroatoms. The minimum absolute atomic E-state index is 0.107. The van der Waals surface area contributed by atoms with Gasteiger partial charge in [-0.1, -0.05) is 6.42 Å². The Morgan fingerprint density at radius 2 is 2.00 bits per heavy atom. The van der Waals surface area contributed by atoms with Crippen molar-refractivity contribution in [1.82, 2.24) is 5.32 Å². The van der Waals surface area contributed by atoms with Crippen LogP contribution in [-0.4, -0.2) is 43.1 Å². The fraction of sp³-hybridized carbons (Fsp3) is 0.909. The zero-order valence-electron chi connectivity index (χ0n) is 9.76. The number of nitrogens with one attached hydrogen (secondary N) is 1. The summed E-state index contributed by atoms with van der Waals surface area (Å²) in [5, 5.41) is 11.3. The second kappa shape index (κ2) is 4.94. The van der Waals surface area contributed by atoms with Crippen LogP contribution >= 0.6 is 0 Å². The molecule has 0 spiro atoms. The predicted octanol–water partition coefficient (Wildman–Crippen LogP) is -0.159. The van der Waals surface area contributed by atoms with Crippen molar-refractivity contribution in [3.8, 4) is 0 Å². The molecular formula is C11H19NO4S. The highest BCUT2D eigenvalue weighted by Gasteiger charge is 2.36. The third-order valence-electron chi connectivity index (χ3n) is 3.52. The van der Waals surface area contributed by atoms with Gasteiger partial charge in [0, 0.05) is 6.54 Å². The maximum absolute atomic E-state index is 11.8. The molecule has 2 unspecified atom stereocenters. The van der Waals surface area contributed by atoms with Gasteiger partial charge in [0.1, 0.15) is 5.25 Å². The molecule has 1 aliphatic carbocycles. The summed E-state index contributed by atoms with van der Waals surface area (Å²) in [5.41, 5.74) is 0. The summed E-state index contributed by atoms with van der Waals surface area (Å²) >= 11 is 0. The Kier molecular flexibility index (Phi) is 3.73. The van der Waals surface area contributed by atoms with Crippen LogP contribution < -0.4 is 5.32 Å². The van der Waals surface area contributed by atoms with Crippen molar-refractivity contribution in [2.75, 3.05) is 12.3 Å². The van der Waals surface area contributed by atoms with E-state index in [1.165, 1.54) is 0 Å². The van der Waals surface area contributed by atoms with Crippen LogP contribution in [0.25, 0.3) is 0 Å². The van der Waals surface area contributed by atoms with Crippen molar-refractivity contribution in [1.29, 1.82) is 0 Å². The molecule has 0 aromatic carbocycles. The van der Waals surface area contributed by atoms with Crippen LogP contribution in [0.2, 0.25) is 0 Å². The van der Waals surface area contributed by atoms with Gasteiger partial charge in [-0.05, 0) is 31.6 Å². The molecule has 5 nitrogen and oxygen atoms in total. The lowest BCUT2D eigenvalue weighted by molar-refractivity contribution is -0.121. The highest BCUT2D eigenvalue weighted by Crippen LogP contribution is 2.32. The second-order valence-electron chi connectivity index (χ2n) is 5.00. The minimum atomic E-state index is -3.27. The first kappa shape index (κ1) is 12.8. The lowest BCUT2D eigenvalue weighted by Crippen LogP contribution is -2.45. The molecule has 1 saturated carbocycles. The van der Waals surface area contributed by atoms with E-state index in [1.807, 2.05) is 0 Å². The molecule has 98 valence electrons. The fourth-order valence-electron chi connectivity index (χ4n) is 2.22. The summed E-state index contributed by atoms with van der Waals surface area (Å²) < 4.78 is 23.4. The first-order valence-electron chi connectivity index (χ1n) is 6.18. The lowest BCUT2D eigenvalue weighted by atomic mass is 10.1. The molecule has 2 fully saturated rings. The standard InChI is InChI=1S/C11H19NO4S/c13-9(8-4-5-8)7-12-11(14)10-3-1-2-6-17(10,15)16/h8-10,13H,1-7H2,(H,12,14). The number of sulfone groups is 1. The summed E-state index contributed by atoms with van der Waals surface area (Å²) in [6.07, 6.45) is 3.31. The average molecular weight is 261 g/mol. The van der Waals surface area contributed by atoms with E-state index in [9.17, 15) is 18.3 Å². The maximum Gasteiger partial charge on any atom is 0.238 e. The van der Waals surface area contributed by atoms with E-state index in [0.717, 1.165) is 19.3 Å². The molecule has 1 aliphatic heterocycles. The van der Waals surface area contributed by atoms with Crippen LogP contribution in [0.15, 0.2) is 0 Å². The van der Waals surface area contributed by atoms with Gasteiger partial charge in [-0.25, -0.2) is 8.42 Å². The lowest BCUT2D eigenvalue weighted by Gasteiger charge is -2.22. The van der Waals surface area contributed by atoms with Crippen molar-refractivity contribution in [2.45, 2.75) is 43.5 Å². The molecule has 2 atom stereocenters. The molecule has 0 aromatic heterocycles. The highest BCUT2D eigenvalue weighted by atomic mass is 32.2. The van der Waals surface area contributed by atoms with E-state index in [4.69, 9.17) is 0 Å². The molecular weight excluding hydrogens is 242 g/mol. The van der Waals surface area contributed by atoms with E-state index in [1.54, 1.807) is 0 Å². The largest absolute Gasteiger partial charge is 0.391 e. The number of amides is 1. The SMILES string of the molecule is O=C(NCC(O)C1CC1)C1CCCCS1(=O)=O. The van der Waals surface area contributed by atoms with Crippen molar-refractivity contribution < 1.29 is 18.3 Å². The quantitative estimate of drug-likeness (QED) is 0.736. The summed E-state index contributed by atoms with van der Waals surface area (Å²) in [6.45, 7) is 0.176. The Labute approximate surface area is 102 Å². The topological polar surface area (TPSA) is 83.5 Å². The van der Waals surface area contributed by atoms with Gasteiger partial charge in [0.15, 0.2) is 9.84 Å². The zero-order valence-corrected chi connectivity index (χ0v) is 10.6. The molecule has 2 rings (SSSR count). The second-order valence-corrected chi connectivity index (χ2v) is 7.30. The van der Waals surface area contributed by atoms with Crippen LogP contribution in [0.4, 0.5) is 0 Å². The molecule has 1 heterocycles. The first-order valence-corrected chi connectivity index (χ1v) is 7.89. The van der Waals surface area contributed by atoms with Gasteiger partial charge in [0.2, 0.25) is 5.91 Å². The number of aliphatic hydroxyl groups is 1. The van der Waals surface area contributed by atoms with Crippen molar-refractivity contribution in [3.05, 3.63) is 0 Å². The monoisotopic (exact) mass is 261 g/mol. The Morgan fingerprint density at radius 1 is 1.29 bits per heavy atom. The van der Waals surface area contributed by atoms with Crippen LogP contribution in [0, 0.1) is 5.92 Å². The number of carbonyl (C=O) groups is 1. The molecule has 0 radical (unpaired) electrons. The third-order valence-corrected chi connectivity index (χ3v) is 5.70. The zero-order chi connectivity index (χ0) is 12.5. The van der Waals surface area contributed by atoms with E-state index < -0.39 is 27.1 Å². The van der Waals surface area contributed by atoms with Crippen LogP contribution in [0.1, 0.15) is 32.1 Å². The van der Waals surface area contributed by atoms with Crippen LogP contribution in [0.5, 0.6) is 0 Å². The van der Waals surface area contributed by atoms with Gasteiger partial charge < -0.3 is 10.4 Å². The highest BCUT2D eigenvalue weighted by molar-refractivity contribution is 7.92. The summed E-state index contributed by atoms with van der Waals surface area (Å²) in [5.74, 6) is -0.0429. The minimum Gasteiger partial charge on any atom is -0.391 e. The first-order chi connectivity index (χ1) is 8.00. The van der Waals surface area contributed by atoms with E-state index in [-0.39, 0.29) is 12.3 Å². The van der Waals surface area contributed by atoms with Crippen molar-refractivity contribution in [2.24, 2.45) is 5.92 Å². The molecule has 1 amide bonds. The fourth-order valence-corrected chi connectivity index (χ4v) is 4.04. The van der Waals surface area contributed by atoms with E-state index >= 15 is 0 Å². The number of hydrogen-bond acceptors (Lipinski definition) is 4. The normalized spacial score (nSPS) is 29.6. The number of carbonyl (C=O) groups excluding carboxylic acids is 1. The van der Waals surface area contributed by atoms with Gasteiger partial charge in [-0.2, -0.15) is 0 Å². The maximum atomic E-state index is 11.8. The Hall–Kier alpha value is -0.620. The summed E-state index contributed by atoms with van der Waals surface area (Å²) in [7, 11) is -3.27. The molecule has 17 heavy (non-hydrogen) atoms. The number of aliphatic hydroxyl groups excluding tert-OH is 1. The van der Waals surface area contributed by atoms with Gasteiger partial charge in [0.05, 0.1) is 11.9 Å². The summed E-state index contributed by atoms with van der Waals surface area (Å²) in [4.78, 5) is 11.8. The molecule has 2 aliphatic rings. The van der Waals surface area contributed by atoms with E-state index in [0.29, 0.717) is 18.8 Å². The number of rotatable bonds is 4. The molecule has 0 aromatic rings. The number of hydrogen-bond donors (Lipinski definition) is 2. The Morgan fingerprint density at radius 3 is 2.59 bits per heavy atom. The third kappa shape index (κ3) is 3.19. The van der Waals surface area contributed by atoms with Crippen molar-refractivity contribution >= 4 is 15.7 Å². The smallest absolute Gasteiger partial charge is 0.238 e. The average Bonchev–Trinajstić information content (AvgIpc) is 3.08. The van der Waals surface area contributed by atoms with Crippen molar-refractivity contribution in [3.63, 3.8) is 0 Å². The Balaban J connectivity index is 1.85. The van der Waals surface area contributed by atoms with Gasteiger partial charge in [-0.15, -0.1) is 0 Å². The summed E-state index contributed by atoms with van der Waals surface area (Å²) in [6, 6.07) is 0. The van der Waals surface area contributed by atoms with E-state index in [2.05, 4.69) is 5.32 Å². The van der Waals surface area contributed by atoms with Gasteiger partial charge in [0.25, 0.3) is 0 Å². The molecule has 0 bridgehead atoms. The predicted molar refractivity (Wildman–Crippen MR) is 63.2 cm³/mol. The van der Waals surface area contributed by atoms with Gasteiger partial charge >= 0.3 is 0 Å². The Bertz CT molecular complexity index is 388. The molecule has 1 saturated heterocycles. The van der Waals surface area contributed by atoms with Crippen LogP contribution in [-0.2, 0) is 14.6 Å².